The topological polar surface area (TPSA) is 87.0 Å². The van der Waals surface area contributed by atoms with E-state index in [1.54, 1.807) is 23.8 Å². The van der Waals surface area contributed by atoms with Crippen molar-refractivity contribution in [3.63, 3.8) is 0 Å². The van der Waals surface area contributed by atoms with Gasteiger partial charge in [0, 0.05) is 56.0 Å². The molecule has 3 aromatic heterocycles. The van der Waals surface area contributed by atoms with Crippen LogP contribution in [0.5, 0.6) is 5.75 Å². The van der Waals surface area contributed by atoms with E-state index in [4.69, 9.17) is 10.00 Å². The number of nitrogens with one attached hydrogen (secondary N) is 1. The zero-order valence-electron chi connectivity index (χ0n) is 14.9. The van der Waals surface area contributed by atoms with Gasteiger partial charge in [0.25, 0.3) is 0 Å². The molecule has 0 aliphatic carbocycles. The molecule has 0 unspecified atom stereocenters. The van der Waals surface area contributed by atoms with Crippen molar-refractivity contribution >= 4 is 28.1 Å². The molecule has 4 heterocycles. The van der Waals surface area contributed by atoms with E-state index >= 15 is 0 Å². The fourth-order valence-corrected chi connectivity index (χ4v) is 3.54. The highest BCUT2D eigenvalue weighted by Gasteiger charge is 2.23. The molecule has 28 heavy (non-hydrogen) atoms. The molecular weight excluding hydrogens is 379 g/mol. The van der Waals surface area contributed by atoms with Crippen molar-refractivity contribution in [3.05, 3.63) is 53.6 Å². The second-order valence-electron chi connectivity index (χ2n) is 6.26. The molecule has 9 heteroatoms. The second-order valence-corrected chi connectivity index (χ2v) is 7.15. The highest BCUT2D eigenvalue weighted by Crippen LogP contribution is 2.28. The maximum Gasteiger partial charge on any atom is 0.207 e. The Hall–Kier alpha value is -3.25. The van der Waals surface area contributed by atoms with Crippen molar-refractivity contribution in [3.8, 4) is 11.8 Å². The molecule has 0 amide bonds. The summed E-state index contributed by atoms with van der Waals surface area (Å²) in [5, 5.41) is 14.1. The molecule has 1 aliphatic heterocycles. The Kier molecular flexibility index (Phi) is 5.30. The van der Waals surface area contributed by atoms with Crippen molar-refractivity contribution in [1.29, 1.82) is 5.26 Å². The van der Waals surface area contributed by atoms with Crippen LogP contribution >= 0.6 is 11.3 Å². The van der Waals surface area contributed by atoms with Crippen LogP contribution < -0.4 is 15.0 Å². The van der Waals surface area contributed by atoms with Crippen LogP contribution in [0.4, 0.5) is 21.2 Å². The van der Waals surface area contributed by atoms with Crippen LogP contribution in [0.3, 0.4) is 0 Å². The average Bonchev–Trinajstić information content (AvgIpc) is 3.25. The van der Waals surface area contributed by atoms with Crippen LogP contribution in [0.15, 0.2) is 42.2 Å². The number of hydrogen-bond acceptors (Lipinski definition) is 8. The second kappa shape index (κ2) is 8.19. The highest BCUT2D eigenvalue weighted by atomic mass is 32.1. The fourth-order valence-electron chi connectivity index (χ4n) is 3.01. The van der Waals surface area contributed by atoms with Crippen LogP contribution in [0, 0.1) is 17.1 Å². The van der Waals surface area contributed by atoms with Gasteiger partial charge in [0.05, 0.1) is 5.56 Å². The third-order valence-corrected chi connectivity index (χ3v) is 5.14. The molecule has 3 aromatic rings. The number of nitriles is 1. The van der Waals surface area contributed by atoms with Crippen molar-refractivity contribution in [2.24, 2.45) is 0 Å². The van der Waals surface area contributed by atoms with Gasteiger partial charge in [-0.15, -0.1) is 11.3 Å². The fraction of sp³-hybridized carbons (Fsp3) is 0.263. The first-order chi connectivity index (χ1) is 13.7. The lowest BCUT2D eigenvalue weighted by Gasteiger charge is -2.33. The molecule has 1 N–H and O–H groups in total. The molecule has 7 nitrogen and oxygen atoms in total. The minimum Gasteiger partial charge on any atom is -0.487 e. The Balaban J connectivity index is 1.37. The van der Waals surface area contributed by atoms with E-state index in [9.17, 15) is 4.39 Å². The molecule has 0 aromatic carbocycles. The van der Waals surface area contributed by atoms with E-state index in [0.717, 1.165) is 31.7 Å². The molecule has 0 atom stereocenters. The number of nitrogens with zero attached hydrogens (tertiary/aromatic N) is 5. The summed E-state index contributed by atoms with van der Waals surface area (Å²) in [4.78, 5) is 14.6. The zero-order valence-corrected chi connectivity index (χ0v) is 15.7. The molecule has 0 radical (unpaired) electrons. The largest absolute Gasteiger partial charge is 0.487 e. The number of hydrogen-bond donors (Lipinski definition) is 1. The summed E-state index contributed by atoms with van der Waals surface area (Å²) < 4.78 is 20.6. The van der Waals surface area contributed by atoms with Gasteiger partial charge in [0.2, 0.25) is 5.82 Å². The Morgan fingerprint density at radius 1 is 1.18 bits per heavy atom. The lowest BCUT2D eigenvalue weighted by atomic mass is 10.1. The van der Waals surface area contributed by atoms with Gasteiger partial charge < -0.3 is 15.0 Å². The van der Waals surface area contributed by atoms with Gasteiger partial charge in [0.15, 0.2) is 16.7 Å². The molecule has 0 saturated carbocycles. The van der Waals surface area contributed by atoms with Crippen molar-refractivity contribution < 1.29 is 9.13 Å². The maximum absolute atomic E-state index is 14.7. The molecular formula is C19H17FN6OS. The number of rotatable bonds is 5. The van der Waals surface area contributed by atoms with Crippen molar-refractivity contribution in [1.82, 2.24) is 15.0 Å². The van der Waals surface area contributed by atoms with Gasteiger partial charge in [0.1, 0.15) is 18.0 Å². The van der Waals surface area contributed by atoms with Gasteiger partial charge in [-0.1, -0.05) is 0 Å². The first-order valence-corrected chi connectivity index (χ1v) is 9.69. The predicted octanol–water partition coefficient (Wildman–Crippen LogP) is 3.74. The van der Waals surface area contributed by atoms with Crippen molar-refractivity contribution in [2.45, 2.75) is 18.9 Å². The normalized spacial score (nSPS) is 14.5. The maximum atomic E-state index is 14.7. The molecule has 0 bridgehead atoms. The summed E-state index contributed by atoms with van der Waals surface area (Å²) in [6.45, 7) is 1.50. The number of pyridine rings is 2. The molecule has 1 saturated heterocycles. The van der Waals surface area contributed by atoms with E-state index in [0.29, 0.717) is 10.7 Å². The van der Waals surface area contributed by atoms with Crippen LogP contribution in [0.1, 0.15) is 18.4 Å². The Bertz CT molecular complexity index is 965. The molecule has 142 valence electrons. The first kappa shape index (κ1) is 18.1. The van der Waals surface area contributed by atoms with Crippen LogP contribution in [0.2, 0.25) is 0 Å². The summed E-state index contributed by atoms with van der Waals surface area (Å²) in [6, 6.07) is 7.21. The minimum absolute atomic E-state index is 0.0840. The summed E-state index contributed by atoms with van der Waals surface area (Å²) in [5.74, 6) is 0.604. The average molecular weight is 396 g/mol. The minimum atomic E-state index is -0.520. The summed E-state index contributed by atoms with van der Waals surface area (Å²) in [6.07, 6.45) is 6.14. The van der Waals surface area contributed by atoms with Gasteiger partial charge >= 0.3 is 0 Å². The Morgan fingerprint density at radius 2 is 2.04 bits per heavy atom. The third-order valence-electron chi connectivity index (χ3n) is 4.45. The quantitative estimate of drug-likeness (QED) is 0.703. The van der Waals surface area contributed by atoms with Crippen molar-refractivity contribution in [2.75, 3.05) is 23.3 Å². The van der Waals surface area contributed by atoms with Crippen LogP contribution in [-0.4, -0.2) is 34.1 Å². The highest BCUT2D eigenvalue weighted by molar-refractivity contribution is 7.13. The summed E-state index contributed by atoms with van der Waals surface area (Å²) >= 11 is 1.37. The number of halogens is 1. The monoisotopic (exact) mass is 396 g/mol. The lowest BCUT2D eigenvalue weighted by Crippen LogP contribution is -2.38. The summed E-state index contributed by atoms with van der Waals surface area (Å²) in [5.41, 5.74) is 0.539. The van der Waals surface area contributed by atoms with Gasteiger partial charge in [-0.3, -0.25) is 0 Å². The standard InChI is InChI=1S/C19H17FN6OS/c20-17-15(3-6-22-18(17)25-19-23-7-10-28-19)27-14-4-8-26(9-5-14)16-2-1-13(11-21)12-24-16/h1-3,6-7,10,12,14H,4-5,8-9H2,(H,22,23,25). The lowest BCUT2D eigenvalue weighted by molar-refractivity contribution is 0.163. The van der Waals surface area contributed by atoms with Crippen LogP contribution in [0.25, 0.3) is 0 Å². The SMILES string of the molecule is N#Cc1ccc(N2CCC(Oc3ccnc(Nc4nccs4)c3F)CC2)nc1. The van der Waals surface area contributed by atoms with Gasteiger partial charge in [-0.05, 0) is 12.1 Å². The van der Waals surface area contributed by atoms with E-state index in [1.165, 1.54) is 23.6 Å². The number of aromatic nitrogens is 3. The Labute approximate surface area is 165 Å². The smallest absolute Gasteiger partial charge is 0.207 e. The molecule has 1 aliphatic rings. The predicted molar refractivity (Wildman–Crippen MR) is 104 cm³/mol. The van der Waals surface area contributed by atoms with Crippen LogP contribution in [-0.2, 0) is 0 Å². The van der Waals surface area contributed by atoms with E-state index in [1.807, 2.05) is 6.07 Å². The number of ether oxygens (including phenoxy) is 1. The molecule has 0 spiro atoms. The van der Waals surface area contributed by atoms with E-state index in [2.05, 4.69) is 31.2 Å². The third kappa shape index (κ3) is 4.02. The summed E-state index contributed by atoms with van der Waals surface area (Å²) in [7, 11) is 0. The van der Waals surface area contributed by atoms with Gasteiger partial charge in [-0.2, -0.15) is 9.65 Å². The number of anilines is 3. The number of piperidine rings is 1. The number of thiazole rings is 1. The molecule has 4 rings (SSSR count). The Morgan fingerprint density at radius 3 is 2.71 bits per heavy atom. The van der Waals surface area contributed by atoms with E-state index < -0.39 is 5.82 Å². The molecule has 1 fully saturated rings. The first-order valence-electron chi connectivity index (χ1n) is 8.81. The zero-order chi connectivity index (χ0) is 19.3. The van der Waals surface area contributed by atoms with E-state index in [-0.39, 0.29) is 17.7 Å². The van der Waals surface area contributed by atoms with Gasteiger partial charge in [-0.25, -0.2) is 15.0 Å².